The van der Waals surface area contributed by atoms with Crippen LogP contribution in [0.15, 0.2) is 29.1 Å². The minimum absolute atomic E-state index is 0.000278. The van der Waals surface area contributed by atoms with Crippen molar-refractivity contribution in [1.82, 2.24) is 9.55 Å². The number of benzene rings is 1. The van der Waals surface area contributed by atoms with E-state index < -0.39 is 0 Å². The molecule has 0 amide bonds. The van der Waals surface area contributed by atoms with Crippen LogP contribution in [0.1, 0.15) is 39.4 Å². The molecule has 19 heavy (non-hydrogen) atoms. The molecule has 0 saturated heterocycles. The molecular weight excluding hydrogens is 260 g/mol. The van der Waals surface area contributed by atoms with Gasteiger partial charge in [0.1, 0.15) is 5.82 Å². The molecule has 0 radical (unpaired) electrons. The van der Waals surface area contributed by atoms with Gasteiger partial charge < -0.3 is 0 Å². The summed E-state index contributed by atoms with van der Waals surface area (Å²) in [5.74, 6) is 0.886. The van der Waals surface area contributed by atoms with Gasteiger partial charge in [0.2, 0.25) is 0 Å². The molecule has 2 aromatic rings. The van der Waals surface area contributed by atoms with Crippen LogP contribution in [-0.2, 0) is 11.4 Å². The lowest BCUT2D eigenvalue weighted by molar-refractivity contribution is 0.305. The van der Waals surface area contributed by atoms with E-state index in [2.05, 4.69) is 25.8 Å². The number of fused-ring (bicyclic) bond motifs is 1. The van der Waals surface area contributed by atoms with Crippen molar-refractivity contribution < 1.29 is 0 Å². The van der Waals surface area contributed by atoms with Crippen molar-refractivity contribution >= 4 is 22.5 Å². The van der Waals surface area contributed by atoms with Gasteiger partial charge in [0, 0.05) is 5.54 Å². The first-order valence-corrected chi connectivity index (χ1v) is 7.12. The Balaban J connectivity index is 2.79. The first-order chi connectivity index (χ1) is 9.01. The Morgan fingerprint density at radius 3 is 2.63 bits per heavy atom. The van der Waals surface area contributed by atoms with E-state index in [1.165, 1.54) is 0 Å². The highest BCUT2D eigenvalue weighted by Gasteiger charge is 2.24. The average molecular weight is 279 g/mol. The van der Waals surface area contributed by atoms with Gasteiger partial charge in [-0.25, -0.2) is 4.98 Å². The fraction of sp³-hybridized carbons (Fsp3) is 0.467. The summed E-state index contributed by atoms with van der Waals surface area (Å²) in [4.78, 5) is 17.2. The van der Waals surface area contributed by atoms with E-state index in [1.54, 1.807) is 4.57 Å². The molecule has 0 aliphatic rings. The van der Waals surface area contributed by atoms with Crippen LogP contribution in [0.4, 0.5) is 0 Å². The van der Waals surface area contributed by atoms with Crippen molar-refractivity contribution in [1.29, 1.82) is 0 Å². The van der Waals surface area contributed by atoms with Crippen molar-refractivity contribution in [2.45, 2.75) is 45.0 Å². The van der Waals surface area contributed by atoms with Gasteiger partial charge in [-0.3, -0.25) is 9.36 Å². The maximum absolute atomic E-state index is 12.7. The quantitative estimate of drug-likeness (QED) is 0.800. The Kier molecular flexibility index (Phi) is 3.95. The van der Waals surface area contributed by atoms with Crippen LogP contribution >= 0.6 is 11.6 Å². The summed E-state index contributed by atoms with van der Waals surface area (Å²) in [5.41, 5.74) is 0.444. The molecule has 0 aliphatic heterocycles. The SMILES string of the molecule is CCCC(C)(C)n1c(CCl)nc2ccccc2c1=O. The Hall–Kier alpha value is -1.35. The van der Waals surface area contributed by atoms with Gasteiger partial charge in [-0.1, -0.05) is 25.5 Å². The summed E-state index contributed by atoms with van der Waals surface area (Å²) in [6, 6.07) is 7.42. The van der Waals surface area contributed by atoms with E-state index in [-0.39, 0.29) is 17.0 Å². The maximum atomic E-state index is 12.7. The summed E-state index contributed by atoms with van der Waals surface area (Å²) in [7, 11) is 0. The van der Waals surface area contributed by atoms with Crippen LogP contribution < -0.4 is 5.56 Å². The van der Waals surface area contributed by atoms with Crippen LogP contribution in [0.25, 0.3) is 10.9 Å². The molecule has 1 aromatic heterocycles. The second-order valence-corrected chi connectivity index (χ2v) is 5.65. The Morgan fingerprint density at radius 1 is 1.32 bits per heavy atom. The molecular formula is C15H19ClN2O. The monoisotopic (exact) mass is 278 g/mol. The second kappa shape index (κ2) is 5.33. The highest BCUT2D eigenvalue weighted by atomic mass is 35.5. The number of hydrogen-bond donors (Lipinski definition) is 0. The molecule has 0 bridgehead atoms. The molecule has 0 spiro atoms. The first-order valence-electron chi connectivity index (χ1n) is 6.58. The number of hydrogen-bond acceptors (Lipinski definition) is 2. The van der Waals surface area contributed by atoms with Crippen molar-refractivity contribution in [3.63, 3.8) is 0 Å². The summed E-state index contributed by atoms with van der Waals surface area (Å²) < 4.78 is 1.76. The zero-order valence-corrected chi connectivity index (χ0v) is 12.4. The second-order valence-electron chi connectivity index (χ2n) is 5.38. The Bertz CT molecular complexity index is 646. The average Bonchev–Trinajstić information content (AvgIpc) is 2.38. The lowest BCUT2D eigenvalue weighted by atomic mass is 9.98. The summed E-state index contributed by atoms with van der Waals surface area (Å²) in [6.07, 6.45) is 1.92. The highest BCUT2D eigenvalue weighted by Crippen LogP contribution is 2.23. The van der Waals surface area contributed by atoms with Crippen molar-refractivity contribution in [3.8, 4) is 0 Å². The number of nitrogens with zero attached hydrogens (tertiary/aromatic N) is 2. The van der Waals surface area contributed by atoms with Crippen molar-refractivity contribution in [2.75, 3.05) is 0 Å². The minimum Gasteiger partial charge on any atom is -0.289 e. The van der Waals surface area contributed by atoms with Crippen LogP contribution in [0.5, 0.6) is 0 Å². The topological polar surface area (TPSA) is 34.9 Å². The molecule has 0 atom stereocenters. The lowest BCUT2D eigenvalue weighted by Gasteiger charge is -2.29. The fourth-order valence-electron chi connectivity index (χ4n) is 2.62. The van der Waals surface area contributed by atoms with Gasteiger partial charge in [0.05, 0.1) is 16.8 Å². The van der Waals surface area contributed by atoms with E-state index in [0.29, 0.717) is 16.7 Å². The number of para-hydroxylation sites is 1. The third kappa shape index (κ3) is 2.52. The first kappa shape index (κ1) is 14.1. The molecule has 0 fully saturated rings. The predicted octanol–water partition coefficient (Wildman–Crippen LogP) is 3.67. The largest absolute Gasteiger partial charge is 0.289 e. The van der Waals surface area contributed by atoms with E-state index >= 15 is 0 Å². The van der Waals surface area contributed by atoms with E-state index in [9.17, 15) is 4.79 Å². The van der Waals surface area contributed by atoms with Crippen molar-refractivity contribution in [2.24, 2.45) is 0 Å². The molecule has 4 heteroatoms. The third-order valence-corrected chi connectivity index (χ3v) is 3.67. The standard InChI is InChI=1S/C15H19ClN2O/c1-4-9-15(2,3)18-13(10-16)17-12-8-6-5-7-11(12)14(18)19/h5-8H,4,9-10H2,1-3H3. The summed E-state index contributed by atoms with van der Waals surface area (Å²) in [6.45, 7) is 6.23. The number of rotatable bonds is 4. The van der Waals surface area contributed by atoms with Gasteiger partial charge in [0.15, 0.2) is 0 Å². The molecule has 3 nitrogen and oxygen atoms in total. The number of halogens is 1. The lowest BCUT2D eigenvalue weighted by Crippen LogP contribution is -2.39. The molecule has 0 saturated carbocycles. The van der Waals surface area contributed by atoms with Gasteiger partial charge in [-0.2, -0.15) is 0 Å². The molecule has 1 heterocycles. The number of aromatic nitrogens is 2. The fourth-order valence-corrected chi connectivity index (χ4v) is 2.80. The van der Waals surface area contributed by atoms with Crippen LogP contribution in [-0.4, -0.2) is 9.55 Å². The number of alkyl halides is 1. The normalized spacial score (nSPS) is 12.0. The molecule has 2 rings (SSSR count). The van der Waals surface area contributed by atoms with Gasteiger partial charge in [-0.05, 0) is 32.4 Å². The van der Waals surface area contributed by atoms with E-state index in [1.807, 2.05) is 24.3 Å². The van der Waals surface area contributed by atoms with E-state index in [0.717, 1.165) is 12.8 Å². The molecule has 0 aliphatic carbocycles. The molecule has 0 N–H and O–H groups in total. The molecule has 1 aromatic carbocycles. The third-order valence-electron chi connectivity index (χ3n) is 3.43. The van der Waals surface area contributed by atoms with Gasteiger partial charge >= 0.3 is 0 Å². The summed E-state index contributed by atoms with van der Waals surface area (Å²) >= 11 is 5.99. The molecule has 102 valence electrons. The highest BCUT2D eigenvalue weighted by molar-refractivity contribution is 6.16. The predicted molar refractivity (Wildman–Crippen MR) is 79.8 cm³/mol. The smallest absolute Gasteiger partial charge is 0.261 e. The van der Waals surface area contributed by atoms with Crippen molar-refractivity contribution in [3.05, 3.63) is 40.4 Å². The minimum atomic E-state index is -0.271. The zero-order chi connectivity index (χ0) is 14.0. The molecule has 0 unspecified atom stereocenters. The van der Waals surface area contributed by atoms with Gasteiger partial charge in [-0.15, -0.1) is 11.6 Å². The van der Waals surface area contributed by atoms with Gasteiger partial charge in [0.25, 0.3) is 5.56 Å². The Labute approximate surface area is 118 Å². The van der Waals surface area contributed by atoms with Crippen LogP contribution in [0, 0.1) is 0 Å². The van der Waals surface area contributed by atoms with Crippen LogP contribution in [0.3, 0.4) is 0 Å². The van der Waals surface area contributed by atoms with E-state index in [4.69, 9.17) is 11.6 Å². The summed E-state index contributed by atoms with van der Waals surface area (Å²) in [5, 5.41) is 0.653. The van der Waals surface area contributed by atoms with Crippen LogP contribution in [0.2, 0.25) is 0 Å². The maximum Gasteiger partial charge on any atom is 0.261 e. The Morgan fingerprint density at radius 2 is 2.00 bits per heavy atom. The zero-order valence-electron chi connectivity index (χ0n) is 11.6.